The number of H-pyrrole nitrogens is 1. The van der Waals surface area contributed by atoms with Gasteiger partial charge in [0.1, 0.15) is 30.0 Å². The molecule has 0 bridgehead atoms. The van der Waals surface area contributed by atoms with Gasteiger partial charge in [-0.25, -0.2) is 4.98 Å². The zero-order chi connectivity index (χ0) is 22.5. The molecule has 0 saturated carbocycles. The fourth-order valence-corrected chi connectivity index (χ4v) is 3.20. The molecule has 0 spiro atoms. The van der Waals surface area contributed by atoms with E-state index in [1.165, 1.54) is 12.1 Å². The molecule has 0 amide bonds. The molecule has 0 fully saturated rings. The molecule has 32 heavy (non-hydrogen) atoms. The highest BCUT2D eigenvalue weighted by atomic mass is 16.6. The molecular formula is C24H18N4O4. The van der Waals surface area contributed by atoms with E-state index in [1.807, 2.05) is 30.3 Å². The smallest absolute Gasteiger partial charge is 0.269 e. The number of aromatic amines is 1. The Balaban J connectivity index is 1.62. The molecule has 158 valence electrons. The lowest BCUT2D eigenvalue weighted by molar-refractivity contribution is -0.384. The van der Waals surface area contributed by atoms with E-state index in [9.17, 15) is 15.4 Å². The van der Waals surface area contributed by atoms with E-state index in [0.717, 1.165) is 11.0 Å². The minimum Gasteiger partial charge on any atom is -0.497 e. The van der Waals surface area contributed by atoms with Crippen LogP contribution in [0.3, 0.4) is 0 Å². The molecule has 0 aliphatic carbocycles. The van der Waals surface area contributed by atoms with E-state index in [-0.39, 0.29) is 12.3 Å². The molecule has 0 aliphatic rings. The van der Waals surface area contributed by atoms with Crippen LogP contribution in [0.1, 0.15) is 17.0 Å². The van der Waals surface area contributed by atoms with E-state index >= 15 is 0 Å². The van der Waals surface area contributed by atoms with Crippen LogP contribution in [-0.2, 0) is 6.61 Å². The first kappa shape index (κ1) is 20.6. The van der Waals surface area contributed by atoms with Gasteiger partial charge in [0.15, 0.2) is 0 Å². The second-order valence-electron chi connectivity index (χ2n) is 6.89. The van der Waals surface area contributed by atoms with Crippen LogP contribution < -0.4 is 9.47 Å². The first-order valence-corrected chi connectivity index (χ1v) is 9.68. The van der Waals surface area contributed by atoms with Gasteiger partial charge in [-0.2, -0.15) is 5.26 Å². The van der Waals surface area contributed by atoms with E-state index in [1.54, 1.807) is 37.5 Å². The van der Waals surface area contributed by atoms with Crippen molar-refractivity contribution >= 4 is 28.4 Å². The molecule has 3 aromatic carbocycles. The van der Waals surface area contributed by atoms with Crippen molar-refractivity contribution in [2.45, 2.75) is 6.61 Å². The van der Waals surface area contributed by atoms with Crippen LogP contribution in [0.5, 0.6) is 11.5 Å². The number of fused-ring (bicyclic) bond motifs is 1. The summed E-state index contributed by atoms with van der Waals surface area (Å²) in [5.74, 6) is 1.67. The van der Waals surface area contributed by atoms with Gasteiger partial charge in [0.25, 0.3) is 5.69 Å². The molecular weight excluding hydrogens is 408 g/mol. The highest BCUT2D eigenvalue weighted by molar-refractivity contribution is 5.91. The summed E-state index contributed by atoms with van der Waals surface area (Å²) in [5, 5.41) is 20.7. The number of rotatable bonds is 7. The lowest BCUT2D eigenvalue weighted by Crippen LogP contribution is -1.98. The number of nitrogens with one attached hydrogen (secondary N) is 1. The van der Waals surface area contributed by atoms with Gasteiger partial charge < -0.3 is 14.5 Å². The number of benzene rings is 3. The zero-order valence-corrected chi connectivity index (χ0v) is 17.1. The summed E-state index contributed by atoms with van der Waals surface area (Å²) in [6.07, 6.45) is 1.69. The minimum absolute atomic E-state index is 0.00700. The van der Waals surface area contributed by atoms with Crippen LogP contribution in [0, 0.1) is 21.4 Å². The van der Waals surface area contributed by atoms with Crippen molar-refractivity contribution in [3.8, 4) is 17.6 Å². The number of hydrogen-bond donors (Lipinski definition) is 1. The Hall–Kier alpha value is -4.64. The number of non-ortho nitro benzene ring substituents is 1. The number of ether oxygens (including phenoxy) is 2. The van der Waals surface area contributed by atoms with Gasteiger partial charge >= 0.3 is 0 Å². The van der Waals surface area contributed by atoms with Gasteiger partial charge in [-0.05, 0) is 29.8 Å². The third kappa shape index (κ3) is 4.42. The van der Waals surface area contributed by atoms with Crippen molar-refractivity contribution in [1.82, 2.24) is 9.97 Å². The molecule has 4 aromatic rings. The number of methoxy groups -OCH3 is 1. The molecule has 0 unspecified atom stereocenters. The van der Waals surface area contributed by atoms with Crippen molar-refractivity contribution in [2.75, 3.05) is 7.11 Å². The van der Waals surface area contributed by atoms with Gasteiger partial charge in [0.2, 0.25) is 0 Å². The lowest BCUT2D eigenvalue weighted by Gasteiger charge is -2.09. The molecule has 0 radical (unpaired) electrons. The largest absolute Gasteiger partial charge is 0.497 e. The maximum Gasteiger partial charge on any atom is 0.269 e. The van der Waals surface area contributed by atoms with E-state index < -0.39 is 4.92 Å². The topological polar surface area (TPSA) is 114 Å². The Kier molecular flexibility index (Phi) is 5.81. The highest BCUT2D eigenvalue weighted by Crippen LogP contribution is 2.27. The normalized spacial score (nSPS) is 11.2. The Morgan fingerprint density at radius 3 is 2.81 bits per heavy atom. The number of imidazole rings is 1. The second-order valence-corrected chi connectivity index (χ2v) is 6.89. The van der Waals surface area contributed by atoms with Gasteiger partial charge in [-0.1, -0.05) is 30.3 Å². The standard InChI is InChI=1S/C24H18N4O4/c1-31-20-9-10-21-22(13-20)27-24(26-21)18(14-25)12-17-6-2-3-8-23(17)32-15-16-5-4-7-19(11-16)28(29)30/h2-13H,15H2,1H3,(H,26,27)/b18-12-. The SMILES string of the molecule is COc1ccc2nc(/C(C#N)=C\c3ccccc3OCc3cccc([N+](=O)[O-])c3)[nH]c2c1. The van der Waals surface area contributed by atoms with Crippen LogP contribution >= 0.6 is 0 Å². The molecule has 0 saturated heterocycles. The number of nitrogens with zero attached hydrogens (tertiary/aromatic N) is 3. The highest BCUT2D eigenvalue weighted by Gasteiger charge is 2.11. The summed E-state index contributed by atoms with van der Waals surface area (Å²) in [4.78, 5) is 18.2. The molecule has 8 nitrogen and oxygen atoms in total. The quantitative estimate of drug-likeness (QED) is 0.249. The molecule has 0 atom stereocenters. The molecule has 8 heteroatoms. The van der Waals surface area contributed by atoms with Crippen molar-refractivity contribution in [3.05, 3.63) is 93.8 Å². The minimum atomic E-state index is -0.442. The van der Waals surface area contributed by atoms with Crippen molar-refractivity contribution in [2.24, 2.45) is 0 Å². The van der Waals surface area contributed by atoms with Crippen molar-refractivity contribution in [3.63, 3.8) is 0 Å². The maximum atomic E-state index is 11.0. The monoisotopic (exact) mass is 426 g/mol. The average Bonchev–Trinajstić information content (AvgIpc) is 3.25. The first-order chi connectivity index (χ1) is 15.6. The summed E-state index contributed by atoms with van der Waals surface area (Å²) < 4.78 is 11.1. The predicted molar refractivity (Wildman–Crippen MR) is 120 cm³/mol. The van der Waals surface area contributed by atoms with Crippen LogP contribution in [0.2, 0.25) is 0 Å². The molecule has 0 aliphatic heterocycles. The fraction of sp³-hybridized carbons (Fsp3) is 0.0833. The third-order valence-electron chi connectivity index (χ3n) is 4.80. The molecule has 4 rings (SSSR count). The zero-order valence-electron chi connectivity index (χ0n) is 17.1. The van der Waals surface area contributed by atoms with Crippen molar-refractivity contribution < 1.29 is 14.4 Å². The first-order valence-electron chi connectivity index (χ1n) is 9.68. The van der Waals surface area contributed by atoms with Crippen LogP contribution in [0.4, 0.5) is 5.69 Å². The van der Waals surface area contributed by atoms with Gasteiger partial charge in [-0.15, -0.1) is 0 Å². The number of allylic oxidation sites excluding steroid dienone is 1. The predicted octanol–water partition coefficient (Wildman–Crippen LogP) is 5.12. The number of nitriles is 1. The number of aromatic nitrogens is 2. The fourth-order valence-electron chi connectivity index (χ4n) is 3.20. The number of para-hydroxylation sites is 1. The van der Waals surface area contributed by atoms with Gasteiger partial charge in [-0.3, -0.25) is 10.1 Å². The second kappa shape index (κ2) is 9.02. The number of hydrogen-bond acceptors (Lipinski definition) is 6. The van der Waals surface area contributed by atoms with E-state index in [2.05, 4.69) is 16.0 Å². The maximum absolute atomic E-state index is 11.0. The lowest BCUT2D eigenvalue weighted by atomic mass is 10.1. The van der Waals surface area contributed by atoms with Crippen LogP contribution in [0.25, 0.3) is 22.7 Å². The van der Waals surface area contributed by atoms with E-state index in [0.29, 0.717) is 34.0 Å². The Bertz CT molecular complexity index is 1370. The van der Waals surface area contributed by atoms with E-state index in [4.69, 9.17) is 9.47 Å². The molecule has 1 N–H and O–H groups in total. The Morgan fingerprint density at radius 1 is 1.19 bits per heavy atom. The third-order valence-corrected chi connectivity index (χ3v) is 4.80. The number of nitro groups is 1. The van der Waals surface area contributed by atoms with Crippen molar-refractivity contribution in [1.29, 1.82) is 5.26 Å². The molecule has 1 heterocycles. The van der Waals surface area contributed by atoms with Crippen LogP contribution in [0.15, 0.2) is 66.7 Å². The summed E-state index contributed by atoms with van der Waals surface area (Å²) >= 11 is 0. The average molecular weight is 426 g/mol. The Labute approximate surface area is 183 Å². The summed E-state index contributed by atoms with van der Waals surface area (Å²) in [6, 6.07) is 21.2. The van der Waals surface area contributed by atoms with Gasteiger partial charge in [0, 0.05) is 23.8 Å². The Morgan fingerprint density at radius 2 is 2.03 bits per heavy atom. The summed E-state index contributed by atoms with van der Waals surface area (Å²) in [6.45, 7) is 0.152. The van der Waals surface area contributed by atoms with Crippen LogP contribution in [-0.4, -0.2) is 22.0 Å². The molecule has 1 aromatic heterocycles. The van der Waals surface area contributed by atoms with Gasteiger partial charge in [0.05, 0.1) is 28.6 Å². The summed E-state index contributed by atoms with van der Waals surface area (Å²) in [5.41, 5.74) is 3.18. The summed E-state index contributed by atoms with van der Waals surface area (Å²) in [7, 11) is 1.59. The number of nitro benzene ring substituents is 1.